The minimum atomic E-state index is 0.137. The second-order valence-electron chi connectivity index (χ2n) is 5.32. The number of rotatable bonds is 4. The lowest BCUT2D eigenvalue weighted by Gasteiger charge is -2.30. The molecule has 0 unspecified atom stereocenters. The van der Waals surface area contributed by atoms with Gasteiger partial charge >= 0.3 is 0 Å². The fourth-order valence-electron chi connectivity index (χ4n) is 2.79. The van der Waals surface area contributed by atoms with Gasteiger partial charge in [0.15, 0.2) is 0 Å². The third-order valence-corrected chi connectivity index (χ3v) is 3.78. The van der Waals surface area contributed by atoms with Gasteiger partial charge in [0.1, 0.15) is 5.84 Å². The average molecular weight is 261 g/mol. The van der Waals surface area contributed by atoms with Crippen LogP contribution in [0.2, 0.25) is 0 Å². The lowest BCUT2D eigenvalue weighted by Crippen LogP contribution is -2.31. The molecule has 1 fully saturated rings. The van der Waals surface area contributed by atoms with Crippen molar-refractivity contribution in [2.24, 2.45) is 11.7 Å². The summed E-state index contributed by atoms with van der Waals surface area (Å²) >= 11 is 0. The van der Waals surface area contributed by atoms with E-state index in [-0.39, 0.29) is 5.84 Å². The summed E-state index contributed by atoms with van der Waals surface area (Å²) < 4.78 is 5.40. The molecule has 1 saturated heterocycles. The monoisotopic (exact) mass is 261 g/mol. The van der Waals surface area contributed by atoms with Crippen LogP contribution in [0, 0.1) is 18.3 Å². The average Bonchev–Trinajstić information content (AvgIpc) is 2.39. The Hall–Kier alpha value is -1.55. The number of ether oxygens (including phenoxy) is 1. The summed E-state index contributed by atoms with van der Waals surface area (Å²) in [7, 11) is 2.09. The molecule has 2 rings (SSSR count). The van der Waals surface area contributed by atoms with Crippen LogP contribution in [0.1, 0.15) is 24.0 Å². The Bertz CT molecular complexity index is 453. The molecule has 1 aliphatic heterocycles. The van der Waals surface area contributed by atoms with Gasteiger partial charge in [0.2, 0.25) is 0 Å². The molecule has 4 heteroatoms. The molecule has 0 bridgehead atoms. The fourth-order valence-corrected chi connectivity index (χ4v) is 2.79. The van der Waals surface area contributed by atoms with E-state index in [1.165, 1.54) is 5.56 Å². The fraction of sp³-hybridized carbons (Fsp3) is 0.533. The first-order valence-electron chi connectivity index (χ1n) is 6.82. The van der Waals surface area contributed by atoms with Crippen molar-refractivity contribution in [1.82, 2.24) is 0 Å². The van der Waals surface area contributed by atoms with E-state index in [1.54, 1.807) is 0 Å². The molecule has 0 amide bonds. The van der Waals surface area contributed by atoms with Gasteiger partial charge in [0.05, 0.1) is 5.69 Å². The smallest absolute Gasteiger partial charge is 0.124 e. The lowest BCUT2D eigenvalue weighted by molar-refractivity contribution is 0.0685. The van der Waals surface area contributed by atoms with Crippen molar-refractivity contribution in [3.63, 3.8) is 0 Å². The molecule has 0 aliphatic carbocycles. The summed E-state index contributed by atoms with van der Waals surface area (Å²) in [5, 5.41) is 7.72. The van der Waals surface area contributed by atoms with Crippen LogP contribution in [0.3, 0.4) is 0 Å². The van der Waals surface area contributed by atoms with Crippen molar-refractivity contribution in [2.45, 2.75) is 19.8 Å². The molecular weight excluding hydrogens is 238 g/mol. The Labute approximate surface area is 115 Å². The number of para-hydroxylation sites is 1. The number of nitrogens with two attached hydrogens (primary N) is 1. The van der Waals surface area contributed by atoms with Crippen LogP contribution < -0.4 is 10.6 Å². The number of nitrogens with zero attached hydrogens (tertiary/aromatic N) is 1. The molecule has 19 heavy (non-hydrogen) atoms. The van der Waals surface area contributed by atoms with Gasteiger partial charge in [-0.25, -0.2) is 0 Å². The Balaban J connectivity index is 2.17. The number of nitrogens with one attached hydrogen (secondary N) is 1. The van der Waals surface area contributed by atoms with Crippen LogP contribution in [-0.4, -0.2) is 32.6 Å². The van der Waals surface area contributed by atoms with E-state index in [0.29, 0.717) is 5.92 Å². The maximum absolute atomic E-state index is 7.72. The minimum absolute atomic E-state index is 0.137. The molecule has 1 aromatic carbocycles. The molecular formula is C15H23N3O. The highest BCUT2D eigenvalue weighted by Crippen LogP contribution is 2.26. The molecule has 3 N–H and O–H groups in total. The molecule has 0 spiro atoms. The molecule has 0 atom stereocenters. The van der Waals surface area contributed by atoms with E-state index < -0.39 is 0 Å². The topological polar surface area (TPSA) is 62.3 Å². The van der Waals surface area contributed by atoms with Crippen LogP contribution in [0.15, 0.2) is 18.2 Å². The molecule has 0 radical (unpaired) electrons. The van der Waals surface area contributed by atoms with Gasteiger partial charge in [-0.15, -0.1) is 0 Å². The largest absolute Gasteiger partial charge is 0.384 e. The summed E-state index contributed by atoms with van der Waals surface area (Å²) in [6.45, 7) is 4.80. The van der Waals surface area contributed by atoms with Gasteiger partial charge < -0.3 is 15.4 Å². The number of amidine groups is 1. The molecule has 1 aliphatic rings. The van der Waals surface area contributed by atoms with E-state index in [1.807, 2.05) is 12.1 Å². The van der Waals surface area contributed by atoms with Gasteiger partial charge in [0.25, 0.3) is 0 Å². The lowest BCUT2D eigenvalue weighted by atomic mass is 9.98. The van der Waals surface area contributed by atoms with Crippen LogP contribution in [-0.2, 0) is 4.74 Å². The molecule has 1 heterocycles. The summed E-state index contributed by atoms with van der Waals surface area (Å²) in [6, 6.07) is 5.95. The number of hydrogen-bond acceptors (Lipinski definition) is 3. The predicted octanol–water partition coefficient (Wildman–Crippen LogP) is 2.14. The number of hydrogen-bond donors (Lipinski definition) is 2. The summed E-state index contributed by atoms with van der Waals surface area (Å²) in [5.41, 5.74) is 8.77. The zero-order valence-corrected chi connectivity index (χ0v) is 11.8. The van der Waals surface area contributed by atoms with Crippen LogP contribution >= 0.6 is 0 Å². The maximum Gasteiger partial charge on any atom is 0.124 e. The second kappa shape index (κ2) is 6.06. The van der Waals surface area contributed by atoms with E-state index in [4.69, 9.17) is 15.9 Å². The highest BCUT2D eigenvalue weighted by Gasteiger charge is 2.19. The Morgan fingerprint density at radius 2 is 2.11 bits per heavy atom. The number of aryl methyl sites for hydroxylation is 1. The zero-order valence-electron chi connectivity index (χ0n) is 11.8. The standard InChI is InChI=1S/C15H23N3O/c1-11-4-3-5-13(15(16)17)14(11)18(2)10-12-6-8-19-9-7-12/h3-5,12H,6-10H2,1-2H3,(H3,16,17). The Morgan fingerprint density at radius 3 is 2.74 bits per heavy atom. The normalized spacial score (nSPS) is 16.3. The molecule has 0 saturated carbocycles. The van der Waals surface area contributed by atoms with Crippen LogP contribution in [0.4, 0.5) is 5.69 Å². The molecule has 1 aromatic rings. The van der Waals surface area contributed by atoms with Crippen LogP contribution in [0.5, 0.6) is 0 Å². The van der Waals surface area contributed by atoms with E-state index in [0.717, 1.165) is 43.9 Å². The number of benzene rings is 1. The molecule has 104 valence electrons. The Kier molecular flexibility index (Phi) is 4.43. The quantitative estimate of drug-likeness (QED) is 0.645. The predicted molar refractivity (Wildman–Crippen MR) is 79.0 cm³/mol. The molecule has 0 aromatic heterocycles. The highest BCUT2D eigenvalue weighted by molar-refractivity contribution is 6.01. The van der Waals surface area contributed by atoms with Gasteiger partial charge in [-0.3, -0.25) is 5.41 Å². The van der Waals surface area contributed by atoms with Crippen molar-refractivity contribution in [3.8, 4) is 0 Å². The maximum atomic E-state index is 7.72. The number of nitrogen functional groups attached to an aromatic ring is 1. The third kappa shape index (κ3) is 3.26. The second-order valence-corrected chi connectivity index (χ2v) is 5.32. The third-order valence-electron chi connectivity index (χ3n) is 3.78. The first kappa shape index (κ1) is 13.9. The SMILES string of the molecule is Cc1cccc(C(=N)N)c1N(C)CC1CCOCC1. The first-order chi connectivity index (χ1) is 9.09. The van der Waals surface area contributed by atoms with Crippen molar-refractivity contribution in [2.75, 3.05) is 31.7 Å². The van der Waals surface area contributed by atoms with Gasteiger partial charge in [-0.2, -0.15) is 0 Å². The van der Waals surface area contributed by atoms with Gasteiger partial charge in [-0.1, -0.05) is 12.1 Å². The highest BCUT2D eigenvalue weighted by atomic mass is 16.5. The summed E-state index contributed by atoms with van der Waals surface area (Å²) in [4.78, 5) is 2.24. The zero-order chi connectivity index (χ0) is 13.8. The minimum Gasteiger partial charge on any atom is -0.384 e. The number of anilines is 1. The van der Waals surface area contributed by atoms with E-state index in [2.05, 4.69) is 24.9 Å². The van der Waals surface area contributed by atoms with E-state index in [9.17, 15) is 0 Å². The summed E-state index contributed by atoms with van der Waals surface area (Å²) in [5.74, 6) is 0.802. The van der Waals surface area contributed by atoms with Crippen molar-refractivity contribution in [3.05, 3.63) is 29.3 Å². The summed E-state index contributed by atoms with van der Waals surface area (Å²) in [6.07, 6.45) is 2.23. The van der Waals surface area contributed by atoms with Crippen LogP contribution in [0.25, 0.3) is 0 Å². The first-order valence-corrected chi connectivity index (χ1v) is 6.82. The van der Waals surface area contributed by atoms with Crippen molar-refractivity contribution in [1.29, 1.82) is 5.41 Å². The van der Waals surface area contributed by atoms with Crippen molar-refractivity contribution < 1.29 is 4.74 Å². The van der Waals surface area contributed by atoms with Crippen molar-refractivity contribution >= 4 is 11.5 Å². The van der Waals surface area contributed by atoms with E-state index >= 15 is 0 Å². The van der Waals surface area contributed by atoms with Gasteiger partial charge in [0, 0.05) is 32.4 Å². The Morgan fingerprint density at radius 1 is 1.42 bits per heavy atom. The van der Waals surface area contributed by atoms with Gasteiger partial charge in [-0.05, 0) is 37.3 Å². The molecule has 4 nitrogen and oxygen atoms in total.